The van der Waals surface area contributed by atoms with Crippen molar-refractivity contribution in [2.24, 2.45) is 0 Å². The molecular weight excluding hydrogens is 248 g/mol. The Hall–Kier alpha value is -2.08. The van der Waals surface area contributed by atoms with Gasteiger partial charge in [0.05, 0.1) is 19.8 Å². The minimum absolute atomic E-state index is 0.320. The van der Waals surface area contributed by atoms with Crippen molar-refractivity contribution in [3.8, 4) is 12.3 Å². The molecule has 2 aromatic rings. The molecular formula is C18H18O2. The summed E-state index contributed by atoms with van der Waals surface area (Å²) in [4.78, 5) is 0. The van der Waals surface area contributed by atoms with Crippen molar-refractivity contribution < 1.29 is 9.47 Å². The van der Waals surface area contributed by atoms with Gasteiger partial charge in [0, 0.05) is 0 Å². The van der Waals surface area contributed by atoms with Gasteiger partial charge in [0.25, 0.3) is 0 Å². The molecule has 2 heteroatoms. The zero-order valence-corrected chi connectivity index (χ0v) is 11.4. The molecule has 0 aliphatic rings. The van der Waals surface area contributed by atoms with Gasteiger partial charge in [-0.3, -0.25) is 0 Å². The highest BCUT2D eigenvalue weighted by Gasteiger charge is 2.06. The molecule has 0 amide bonds. The Labute approximate surface area is 120 Å². The van der Waals surface area contributed by atoms with Gasteiger partial charge in [-0.05, 0) is 11.1 Å². The van der Waals surface area contributed by atoms with Crippen LogP contribution in [0.1, 0.15) is 11.1 Å². The fourth-order valence-corrected chi connectivity index (χ4v) is 1.77. The van der Waals surface area contributed by atoms with Crippen molar-refractivity contribution in [1.29, 1.82) is 0 Å². The molecule has 2 nitrogen and oxygen atoms in total. The Morgan fingerprint density at radius 2 is 1.40 bits per heavy atom. The smallest absolute Gasteiger partial charge is 0.141 e. The van der Waals surface area contributed by atoms with Gasteiger partial charge in [-0.25, -0.2) is 0 Å². The highest BCUT2D eigenvalue weighted by atomic mass is 16.5. The molecule has 0 fully saturated rings. The lowest BCUT2D eigenvalue weighted by Crippen LogP contribution is -2.17. The summed E-state index contributed by atoms with van der Waals surface area (Å²) in [5, 5.41) is 0. The molecule has 1 atom stereocenters. The van der Waals surface area contributed by atoms with E-state index >= 15 is 0 Å². The normalized spacial score (nSPS) is 11.8. The Morgan fingerprint density at radius 3 is 1.95 bits per heavy atom. The fraction of sp³-hybridized carbons (Fsp3) is 0.222. The van der Waals surface area contributed by atoms with Crippen LogP contribution in [-0.2, 0) is 22.7 Å². The molecule has 2 rings (SSSR count). The van der Waals surface area contributed by atoms with Crippen molar-refractivity contribution in [2.45, 2.75) is 19.3 Å². The van der Waals surface area contributed by atoms with Crippen LogP contribution in [0.3, 0.4) is 0 Å². The summed E-state index contributed by atoms with van der Waals surface area (Å²) in [7, 11) is 0. The molecule has 0 aliphatic carbocycles. The summed E-state index contributed by atoms with van der Waals surface area (Å²) in [6, 6.07) is 20.0. The van der Waals surface area contributed by atoms with Crippen LogP contribution in [0.5, 0.6) is 0 Å². The first kappa shape index (κ1) is 14.3. The van der Waals surface area contributed by atoms with Crippen LogP contribution in [0.15, 0.2) is 60.7 Å². The third kappa shape index (κ3) is 4.89. The second-order valence-electron chi connectivity index (χ2n) is 4.45. The molecule has 0 heterocycles. The highest BCUT2D eigenvalue weighted by Crippen LogP contribution is 2.05. The molecule has 0 aliphatic heterocycles. The summed E-state index contributed by atoms with van der Waals surface area (Å²) < 4.78 is 11.2. The van der Waals surface area contributed by atoms with E-state index in [0.29, 0.717) is 19.8 Å². The number of benzene rings is 2. The van der Waals surface area contributed by atoms with Gasteiger partial charge < -0.3 is 9.47 Å². The summed E-state index contributed by atoms with van der Waals surface area (Å²) in [6.07, 6.45) is 5.14. The average molecular weight is 266 g/mol. The Balaban J connectivity index is 1.72. The number of rotatable bonds is 7. The monoisotopic (exact) mass is 266 g/mol. The van der Waals surface area contributed by atoms with E-state index in [9.17, 15) is 0 Å². The molecule has 102 valence electrons. The van der Waals surface area contributed by atoms with Crippen molar-refractivity contribution in [3.05, 3.63) is 71.8 Å². The average Bonchev–Trinajstić information content (AvgIpc) is 2.52. The van der Waals surface area contributed by atoms with E-state index in [1.54, 1.807) is 0 Å². The molecule has 0 spiro atoms. The first-order valence-electron chi connectivity index (χ1n) is 6.62. The van der Waals surface area contributed by atoms with Gasteiger partial charge in [0.15, 0.2) is 0 Å². The zero-order chi connectivity index (χ0) is 14.0. The summed E-state index contributed by atoms with van der Waals surface area (Å²) in [6.45, 7) is 1.45. The van der Waals surface area contributed by atoms with E-state index in [4.69, 9.17) is 15.9 Å². The van der Waals surface area contributed by atoms with Gasteiger partial charge in [0.2, 0.25) is 0 Å². The second kappa shape index (κ2) is 8.16. The summed E-state index contributed by atoms with van der Waals surface area (Å²) in [5.41, 5.74) is 2.24. The fourth-order valence-electron chi connectivity index (χ4n) is 1.77. The Morgan fingerprint density at radius 1 is 0.850 bits per heavy atom. The van der Waals surface area contributed by atoms with Crippen LogP contribution in [0.25, 0.3) is 0 Å². The lowest BCUT2D eigenvalue weighted by atomic mass is 10.2. The van der Waals surface area contributed by atoms with Crippen molar-refractivity contribution in [2.75, 3.05) is 6.61 Å². The first-order chi connectivity index (χ1) is 9.88. The largest absolute Gasteiger partial charge is 0.373 e. The van der Waals surface area contributed by atoms with Crippen molar-refractivity contribution >= 4 is 0 Å². The lowest BCUT2D eigenvalue weighted by Gasteiger charge is -2.13. The van der Waals surface area contributed by atoms with Crippen LogP contribution in [0.2, 0.25) is 0 Å². The predicted octanol–water partition coefficient (Wildman–Crippen LogP) is 3.42. The van der Waals surface area contributed by atoms with Crippen molar-refractivity contribution in [3.63, 3.8) is 0 Å². The van der Waals surface area contributed by atoms with E-state index in [2.05, 4.69) is 5.92 Å². The molecule has 0 radical (unpaired) electrons. The van der Waals surface area contributed by atoms with E-state index < -0.39 is 0 Å². The van der Waals surface area contributed by atoms with Gasteiger partial charge in [-0.2, -0.15) is 0 Å². The van der Waals surface area contributed by atoms with E-state index in [1.807, 2.05) is 60.7 Å². The minimum Gasteiger partial charge on any atom is -0.373 e. The minimum atomic E-state index is -0.320. The Bertz CT molecular complexity index is 528. The molecule has 0 bridgehead atoms. The molecule has 0 saturated carbocycles. The molecule has 2 aromatic carbocycles. The maximum Gasteiger partial charge on any atom is 0.141 e. The standard InChI is InChI=1S/C18H18O2/c1-2-18(20-14-17-11-7-4-8-12-17)15-19-13-16-9-5-3-6-10-16/h1,3-12,18H,13-15H2. The van der Waals surface area contributed by atoms with E-state index in [1.165, 1.54) is 0 Å². The third-order valence-corrected chi connectivity index (χ3v) is 2.86. The van der Waals surface area contributed by atoms with Crippen LogP contribution >= 0.6 is 0 Å². The van der Waals surface area contributed by atoms with Gasteiger partial charge in [-0.1, -0.05) is 66.6 Å². The van der Waals surface area contributed by atoms with Crippen molar-refractivity contribution in [1.82, 2.24) is 0 Å². The molecule has 20 heavy (non-hydrogen) atoms. The van der Waals surface area contributed by atoms with Crippen LogP contribution < -0.4 is 0 Å². The molecule has 0 N–H and O–H groups in total. The van der Waals surface area contributed by atoms with Gasteiger partial charge >= 0.3 is 0 Å². The topological polar surface area (TPSA) is 18.5 Å². The molecule has 0 saturated heterocycles. The van der Waals surface area contributed by atoms with Crippen LogP contribution in [-0.4, -0.2) is 12.7 Å². The summed E-state index contributed by atoms with van der Waals surface area (Å²) >= 11 is 0. The van der Waals surface area contributed by atoms with E-state index in [-0.39, 0.29) is 6.10 Å². The van der Waals surface area contributed by atoms with E-state index in [0.717, 1.165) is 11.1 Å². The van der Waals surface area contributed by atoms with Crippen LogP contribution in [0, 0.1) is 12.3 Å². The quantitative estimate of drug-likeness (QED) is 0.715. The third-order valence-electron chi connectivity index (χ3n) is 2.86. The Kier molecular flexibility index (Phi) is 5.85. The van der Waals surface area contributed by atoms with Crippen LogP contribution in [0.4, 0.5) is 0 Å². The lowest BCUT2D eigenvalue weighted by molar-refractivity contribution is -0.000508. The highest BCUT2D eigenvalue weighted by molar-refractivity contribution is 5.14. The predicted molar refractivity (Wildman–Crippen MR) is 80.0 cm³/mol. The number of hydrogen-bond donors (Lipinski definition) is 0. The first-order valence-corrected chi connectivity index (χ1v) is 6.62. The molecule has 0 aromatic heterocycles. The SMILES string of the molecule is C#CC(COCc1ccccc1)OCc1ccccc1. The molecule has 1 unspecified atom stereocenters. The maximum absolute atomic E-state index is 5.65. The number of terminal acetylenes is 1. The van der Waals surface area contributed by atoms with Gasteiger partial charge in [0.1, 0.15) is 6.10 Å². The van der Waals surface area contributed by atoms with Gasteiger partial charge in [-0.15, -0.1) is 6.42 Å². The zero-order valence-electron chi connectivity index (χ0n) is 11.4. The number of ether oxygens (including phenoxy) is 2. The number of hydrogen-bond acceptors (Lipinski definition) is 2. The second-order valence-corrected chi connectivity index (χ2v) is 4.45. The maximum atomic E-state index is 5.65. The summed E-state index contributed by atoms with van der Waals surface area (Å²) in [5.74, 6) is 2.61.